The van der Waals surface area contributed by atoms with Crippen LogP contribution >= 0.6 is 0 Å². The number of hydrogen-bond donors (Lipinski definition) is 2. The van der Waals surface area contributed by atoms with E-state index in [1.54, 1.807) is 0 Å². The summed E-state index contributed by atoms with van der Waals surface area (Å²) in [5, 5.41) is 3.50. The van der Waals surface area contributed by atoms with Crippen LogP contribution < -0.4 is 11.1 Å². The second-order valence-corrected chi connectivity index (χ2v) is 4.28. The molecule has 0 radical (unpaired) electrons. The van der Waals surface area contributed by atoms with E-state index >= 15 is 0 Å². The maximum absolute atomic E-state index is 5.63. The first kappa shape index (κ1) is 11.0. The summed E-state index contributed by atoms with van der Waals surface area (Å²) in [6, 6.07) is 0. The Labute approximate surface area is 82.3 Å². The molecule has 0 saturated heterocycles. The molecule has 2 heteroatoms. The summed E-state index contributed by atoms with van der Waals surface area (Å²) in [6.45, 7) is 5.44. The quantitative estimate of drug-likeness (QED) is 0.564. The summed E-state index contributed by atoms with van der Waals surface area (Å²) in [5.74, 6) is 1.79. The Hall–Kier alpha value is -0.0800. The van der Waals surface area contributed by atoms with E-state index in [1.807, 2.05) is 0 Å². The zero-order valence-electron chi connectivity index (χ0n) is 8.89. The van der Waals surface area contributed by atoms with E-state index in [0.29, 0.717) is 0 Å². The summed E-state index contributed by atoms with van der Waals surface area (Å²) >= 11 is 0. The van der Waals surface area contributed by atoms with Gasteiger partial charge in [-0.3, -0.25) is 0 Å². The smallest absolute Gasteiger partial charge is 0.00458 e. The fraction of sp³-hybridized carbons (Fsp3) is 1.00. The van der Waals surface area contributed by atoms with Crippen molar-refractivity contribution in [3.63, 3.8) is 0 Å². The van der Waals surface area contributed by atoms with Crippen molar-refractivity contribution in [1.29, 1.82) is 0 Å². The van der Waals surface area contributed by atoms with Gasteiger partial charge in [0, 0.05) is 0 Å². The van der Waals surface area contributed by atoms with Gasteiger partial charge in [-0.05, 0) is 44.3 Å². The topological polar surface area (TPSA) is 38.0 Å². The summed E-state index contributed by atoms with van der Waals surface area (Å²) in [5.41, 5.74) is 5.63. The Bertz CT molecular complexity index is 117. The third kappa shape index (κ3) is 5.27. The van der Waals surface area contributed by atoms with Crippen LogP contribution in [0.3, 0.4) is 0 Å². The molecular weight excluding hydrogens is 160 g/mol. The van der Waals surface area contributed by atoms with Crippen LogP contribution in [0.5, 0.6) is 0 Å². The van der Waals surface area contributed by atoms with E-state index in [2.05, 4.69) is 12.2 Å². The van der Waals surface area contributed by atoms with Crippen LogP contribution in [0.2, 0.25) is 0 Å². The Kier molecular flexibility index (Phi) is 5.40. The molecule has 78 valence electrons. The molecule has 1 rings (SSSR count). The molecule has 2 nitrogen and oxygen atoms in total. The molecule has 3 N–H and O–H groups in total. The molecule has 1 aliphatic rings. The highest BCUT2D eigenvalue weighted by atomic mass is 14.8. The predicted molar refractivity (Wildman–Crippen MR) is 57.7 cm³/mol. The molecule has 0 aromatic rings. The minimum Gasteiger partial charge on any atom is -0.330 e. The maximum atomic E-state index is 5.63. The fourth-order valence-corrected chi connectivity index (χ4v) is 1.63. The van der Waals surface area contributed by atoms with Gasteiger partial charge >= 0.3 is 0 Å². The molecule has 0 spiro atoms. The van der Waals surface area contributed by atoms with Crippen molar-refractivity contribution in [3.8, 4) is 0 Å². The van der Waals surface area contributed by atoms with Gasteiger partial charge in [-0.25, -0.2) is 0 Å². The van der Waals surface area contributed by atoms with E-state index in [9.17, 15) is 0 Å². The maximum Gasteiger partial charge on any atom is -0.00458 e. The normalized spacial score (nSPS) is 18.9. The van der Waals surface area contributed by atoms with Gasteiger partial charge in [0.15, 0.2) is 0 Å². The van der Waals surface area contributed by atoms with Gasteiger partial charge < -0.3 is 11.1 Å². The molecule has 1 fully saturated rings. The number of rotatable bonds is 8. The molecule has 1 atom stereocenters. The second kappa shape index (κ2) is 6.39. The standard InChI is InChI=1S/C11H24N2/c1-2-10(9-12)5-7-13-8-6-11-3-4-11/h10-11,13H,2-9,12H2,1H3. The van der Waals surface area contributed by atoms with Gasteiger partial charge in [-0.15, -0.1) is 0 Å². The van der Waals surface area contributed by atoms with E-state index in [1.165, 1.54) is 38.6 Å². The van der Waals surface area contributed by atoms with Crippen LogP contribution in [0.25, 0.3) is 0 Å². The van der Waals surface area contributed by atoms with E-state index < -0.39 is 0 Å². The number of nitrogens with one attached hydrogen (secondary N) is 1. The largest absolute Gasteiger partial charge is 0.330 e. The molecule has 1 unspecified atom stereocenters. The van der Waals surface area contributed by atoms with Gasteiger partial charge in [0.05, 0.1) is 0 Å². The molecule has 0 heterocycles. The van der Waals surface area contributed by atoms with Crippen LogP contribution in [-0.4, -0.2) is 19.6 Å². The van der Waals surface area contributed by atoms with Crippen LogP contribution in [0.15, 0.2) is 0 Å². The highest BCUT2D eigenvalue weighted by molar-refractivity contribution is 4.73. The van der Waals surface area contributed by atoms with E-state index in [-0.39, 0.29) is 0 Å². The van der Waals surface area contributed by atoms with Crippen LogP contribution in [0.1, 0.15) is 39.0 Å². The van der Waals surface area contributed by atoms with Crippen LogP contribution in [0, 0.1) is 11.8 Å². The average Bonchev–Trinajstić information content (AvgIpc) is 2.95. The second-order valence-electron chi connectivity index (χ2n) is 4.28. The van der Waals surface area contributed by atoms with Crippen molar-refractivity contribution in [1.82, 2.24) is 5.32 Å². The molecular formula is C11H24N2. The minimum atomic E-state index is 0.730. The van der Waals surface area contributed by atoms with Gasteiger partial charge in [0.1, 0.15) is 0 Å². The Morgan fingerprint density at radius 2 is 2.15 bits per heavy atom. The zero-order valence-corrected chi connectivity index (χ0v) is 8.89. The summed E-state index contributed by atoms with van der Waals surface area (Å²) in [7, 11) is 0. The minimum absolute atomic E-state index is 0.730. The van der Waals surface area contributed by atoms with Crippen molar-refractivity contribution < 1.29 is 0 Å². The molecule has 0 aromatic heterocycles. The van der Waals surface area contributed by atoms with Gasteiger partial charge in [-0.2, -0.15) is 0 Å². The Morgan fingerprint density at radius 3 is 2.69 bits per heavy atom. The summed E-state index contributed by atoms with van der Waals surface area (Å²) < 4.78 is 0. The lowest BCUT2D eigenvalue weighted by Gasteiger charge is -2.12. The first-order chi connectivity index (χ1) is 6.36. The lowest BCUT2D eigenvalue weighted by molar-refractivity contribution is 0.456. The first-order valence-electron chi connectivity index (χ1n) is 5.77. The van der Waals surface area contributed by atoms with Gasteiger partial charge in [-0.1, -0.05) is 26.2 Å². The van der Waals surface area contributed by atoms with E-state index in [0.717, 1.165) is 24.9 Å². The molecule has 13 heavy (non-hydrogen) atoms. The van der Waals surface area contributed by atoms with Gasteiger partial charge in [0.2, 0.25) is 0 Å². The summed E-state index contributed by atoms with van der Waals surface area (Å²) in [4.78, 5) is 0. The van der Waals surface area contributed by atoms with E-state index in [4.69, 9.17) is 5.73 Å². The monoisotopic (exact) mass is 184 g/mol. The zero-order chi connectivity index (χ0) is 9.52. The average molecular weight is 184 g/mol. The third-order valence-electron chi connectivity index (χ3n) is 3.07. The molecule has 0 amide bonds. The molecule has 0 aromatic carbocycles. The molecule has 1 saturated carbocycles. The lowest BCUT2D eigenvalue weighted by atomic mass is 10.0. The van der Waals surface area contributed by atoms with Crippen LogP contribution in [0.4, 0.5) is 0 Å². The van der Waals surface area contributed by atoms with Crippen LogP contribution in [-0.2, 0) is 0 Å². The van der Waals surface area contributed by atoms with Crippen molar-refractivity contribution >= 4 is 0 Å². The molecule has 0 aliphatic heterocycles. The fourth-order valence-electron chi connectivity index (χ4n) is 1.63. The predicted octanol–water partition coefficient (Wildman–Crippen LogP) is 1.75. The highest BCUT2D eigenvalue weighted by Gasteiger charge is 2.19. The SMILES string of the molecule is CCC(CN)CCNCCC1CC1. The van der Waals surface area contributed by atoms with Gasteiger partial charge in [0.25, 0.3) is 0 Å². The molecule has 1 aliphatic carbocycles. The first-order valence-corrected chi connectivity index (χ1v) is 5.77. The molecule has 0 bridgehead atoms. The highest BCUT2D eigenvalue weighted by Crippen LogP contribution is 2.31. The Morgan fingerprint density at radius 1 is 1.38 bits per heavy atom. The third-order valence-corrected chi connectivity index (χ3v) is 3.07. The number of hydrogen-bond acceptors (Lipinski definition) is 2. The van der Waals surface area contributed by atoms with Crippen molar-refractivity contribution in [2.24, 2.45) is 17.6 Å². The van der Waals surface area contributed by atoms with Crippen molar-refractivity contribution in [2.45, 2.75) is 39.0 Å². The van der Waals surface area contributed by atoms with Crippen molar-refractivity contribution in [3.05, 3.63) is 0 Å². The van der Waals surface area contributed by atoms with Crippen molar-refractivity contribution in [2.75, 3.05) is 19.6 Å². The lowest BCUT2D eigenvalue weighted by Crippen LogP contribution is -2.22. The summed E-state index contributed by atoms with van der Waals surface area (Å²) in [6.07, 6.45) is 6.81. The Balaban J connectivity index is 1.81. The number of nitrogens with two attached hydrogens (primary N) is 1.